The molecule has 0 aromatic carbocycles. The van der Waals surface area contributed by atoms with Gasteiger partial charge in [-0.3, -0.25) is 0 Å². The van der Waals surface area contributed by atoms with Crippen LogP contribution in [0.25, 0.3) is 0 Å². The van der Waals surface area contributed by atoms with Crippen molar-refractivity contribution in [1.29, 1.82) is 0 Å². The van der Waals surface area contributed by atoms with Crippen LogP contribution in [-0.4, -0.2) is 81.6 Å². The summed E-state index contributed by atoms with van der Waals surface area (Å²) in [6, 6.07) is 0. The van der Waals surface area contributed by atoms with Gasteiger partial charge in [-0.2, -0.15) is 0 Å². The highest BCUT2D eigenvalue weighted by Gasteiger charge is 2.39. The molecule has 5 nitrogen and oxygen atoms in total. The zero-order valence-electron chi connectivity index (χ0n) is 13.9. The normalized spacial score (nSPS) is 23.9. The number of likely N-dealkylation sites (tertiary alicyclic amines) is 1. The van der Waals surface area contributed by atoms with Crippen LogP contribution in [0.4, 0.5) is 0 Å². The van der Waals surface area contributed by atoms with Gasteiger partial charge in [0.2, 0.25) is 10.0 Å². The van der Waals surface area contributed by atoms with Crippen LogP contribution in [0.2, 0.25) is 0 Å². The molecule has 6 heteroatoms. The third-order valence-corrected chi connectivity index (χ3v) is 6.74. The molecule has 1 heterocycles. The van der Waals surface area contributed by atoms with Gasteiger partial charge in [-0.05, 0) is 59.8 Å². The maximum Gasteiger partial charge on any atom is 0.213 e. The lowest BCUT2D eigenvalue weighted by molar-refractivity contribution is 0.142. The lowest BCUT2D eigenvalue weighted by Crippen LogP contribution is -2.44. The van der Waals surface area contributed by atoms with E-state index in [4.69, 9.17) is 0 Å². The molecule has 0 spiro atoms. The van der Waals surface area contributed by atoms with Crippen molar-refractivity contribution in [3.8, 4) is 0 Å². The van der Waals surface area contributed by atoms with Crippen molar-refractivity contribution >= 4 is 10.0 Å². The first-order valence-corrected chi connectivity index (χ1v) is 8.98. The highest BCUT2D eigenvalue weighted by molar-refractivity contribution is 7.89. The Labute approximate surface area is 125 Å². The van der Waals surface area contributed by atoms with Gasteiger partial charge < -0.3 is 9.80 Å². The molecular formula is C14H31N3O2S. The van der Waals surface area contributed by atoms with Crippen LogP contribution >= 0.6 is 0 Å². The number of hydrogen-bond donors (Lipinski definition) is 0. The molecule has 0 radical (unpaired) electrons. The van der Waals surface area contributed by atoms with Crippen LogP contribution in [0.15, 0.2) is 0 Å². The van der Waals surface area contributed by atoms with E-state index in [0.29, 0.717) is 12.3 Å². The maximum absolute atomic E-state index is 11.7. The zero-order valence-corrected chi connectivity index (χ0v) is 14.7. The summed E-state index contributed by atoms with van der Waals surface area (Å²) in [7, 11) is 4.41. The van der Waals surface area contributed by atoms with Gasteiger partial charge in [0.25, 0.3) is 0 Å². The molecule has 1 aliphatic heterocycles. The Balaban J connectivity index is 2.37. The summed E-state index contributed by atoms with van der Waals surface area (Å²) < 4.78 is 24.7. The molecule has 20 heavy (non-hydrogen) atoms. The molecule has 1 fully saturated rings. The van der Waals surface area contributed by atoms with E-state index in [0.717, 1.165) is 19.6 Å². The first-order chi connectivity index (χ1) is 9.07. The van der Waals surface area contributed by atoms with Crippen LogP contribution in [0.3, 0.4) is 0 Å². The quantitative estimate of drug-likeness (QED) is 0.702. The van der Waals surface area contributed by atoms with Gasteiger partial charge in [-0.15, -0.1) is 0 Å². The fourth-order valence-electron chi connectivity index (χ4n) is 2.78. The Morgan fingerprint density at radius 1 is 1.25 bits per heavy atom. The first-order valence-electron chi connectivity index (χ1n) is 7.37. The van der Waals surface area contributed by atoms with Gasteiger partial charge in [0.1, 0.15) is 0 Å². The largest absolute Gasteiger partial charge is 0.306 e. The summed E-state index contributed by atoms with van der Waals surface area (Å²) in [5.41, 5.74) is 0.240. The van der Waals surface area contributed by atoms with Crippen LogP contribution in [0.1, 0.15) is 26.7 Å². The Morgan fingerprint density at radius 2 is 1.85 bits per heavy atom. The Bertz CT molecular complexity index is 407. The molecule has 1 atom stereocenters. The molecular weight excluding hydrogens is 274 g/mol. The summed E-state index contributed by atoms with van der Waals surface area (Å²) >= 11 is 0. The third-order valence-electron chi connectivity index (χ3n) is 4.83. The average Bonchev–Trinajstić information content (AvgIpc) is 2.55. The molecule has 1 saturated heterocycles. The molecule has 0 amide bonds. The van der Waals surface area contributed by atoms with Gasteiger partial charge in [0, 0.05) is 26.2 Å². The molecule has 1 rings (SSSR count). The summed E-state index contributed by atoms with van der Waals surface area (Å²) in [4.78, 5) is 4.69. The van der Waals surface area contributed by atoms with E-state index in [-0.39, 0.29) is 11.3 Å². The third kappa shape index (κ3) is 4.41. The monoisotopic (exact) mass is 305 g/mol. The van der Waals surface area contributed by atoms with E-state index >= 15 is 0 Å². The molecule has 0 bridgehead atoms. The summed E-state index contributed by atoms with van der Waals surface area (Å²) in [6.45, 7) is 7.63. The van der Waals surface area contributed by atoms with Crippen molar-refractivity contribution < 1.29 is 8.42 Å². The van der Waals surface area contributed by atoms with Crippen molar-refractivity contribution in [2.45, 2.75) is 32.2 Å². The summed E-state index contributed by atoms with van der Waals surface area (Å²) in [6.07, 6.45) is 1.92. The van der Waals surface area contributed by atoms with Crippen LogP contribution < -0.4 is 0 Å². The Kier molecular flexibility index (Phi) is 6.01. The highest BCUT2D eigenvalue weighted by Crippen LogP contribution is 2.33. The number of nitrogens with zero attached hydrogens (tertiary/aromatic N) is 3. The van der Waals surface area contributed by atoms with Gasteiger partial charge in [-0.1, -0.05) is 0 Å². The second-order valence-electron chi connectivity index (χ2n) is 6.78. The summed E-state index contributed by atoms with van der Waals surface area (Å²) in [5.74, 6) is 0.890. The fourth-order valence-corrected chi connectivity index (χ4v) is 3.64. The van der Waals surface area contributed by atoms with Crippen molar-refractivity contribution in [2.24, 2.45) is 5.92 Å². The lowest BCUT2D eigenvalue weighted by Gasteiger charge is -2.35. The van der Waals surface area contributed by atoms with Gasteiger partial charge in [-0.25, -0.2) is 12.7 Å². The number of sulfonamides is 1. The van der Waals surface area contributed by atoms with Crippen molar-refractivity contribution in [1.82, 2.24) is 14.1 Å². The van der Waals surface area contributed by atoms with Crippen LogP contribution in [-0.2, 0) is 10.0 Å². The minimum absolute atomic E-state index is 0.234. The van der Waals surface area contributed by atoms with Crippen molar-refractivity contribution in [3.63, 3.8) is 0 Å². The molecule has 0 aromatic rings. The van der Waals surface area contributed by atoms with Crippen molar-refractivity contribution in [3.05, 3.63) is 0 Å². The molecule has 0 N–H and O–H groups in total. The van der Waals surface area contributed by atoms with E-state index in [9.17, 15) is 8.42 Å². The number of rotatable bonds is 7. The summed E-state index contributed by atoms with van der Waals surface area (Å²) in [5, 5.41) is 0. The fraction of sp³-hybridized carbons (Fsp3) is 1.00. The predicted octanol–water partition coefficient (Wildman–Crippen LogP) is 0.930. The average molecular weight is 305 g/mol. The second kappa shape index (κ2) is 6.73. The Morgan fingerprint density at radius 3 is 2.30 bits per heavy atom. The minimum atomic E-state index is -3.05. The smallest absolute Gasteiger partial charge is 0.213 e. The molecule has 120 valence electrons. The van der Waals surface area contributed by atoms with Gasteiger partial charge >= 0.3 is 0 Å². The van der Waals surface area contributed by atoms with Gasteiger partial charge in [0.15, 0.2) is 0 Å². The van der Waals surface area contributed by atoms with E-state index in [2.05, 4.69) is 37.7 Å². The lowest BCUT2D eigenvalue weighted by atomic mass is 9.88. The standard InChI is InChI=1S/C14H31N3O2S/c1-14(2)13(8-10-17(14)6)12-16(5)9-7-11-20(18,19)15(3)4/h13H,7-12H2,1-6H3. The molecule has 1 unspecified atom stereocenters. The SMILES string of the molecule is CN(CCCS(=O)(=O)N(C)C)CC1CCN(C)C1(C)C. The van der Waals surface area contributed by atoms with E-state index in [1.165, 1.54) is 10.7 Å². The predicted molar refractivity (Wildman–Crippen MR) is 84.4 cm³/mol. The molecule has 0 aliphatic carbocycles. The maximum atomic E-state index is 11.7. The minimum Gasteiger partial charge on any atom is -0.306 e. The Hall–Kier alpha value is -0.170. The zero-order chi connectivity index (χ0) is 15.6. The van der Waals surface area contributed by atoms with Gasteiger partial charge in [0.05, 0.1) is 5.75 Å². The first kappa shape index (κ1) is 17.9. The molecule has 0 saturated carbocycles. The second-order valence-corrected chi connectivity index (χ2v) is 9.08. The van der Waals surface area contributed by atoms with Crippen LogP contribution in [0.5, 0.6) is 0 Å². The molecule has 0 aromatic heterocycles. The van der Waals surface area contributed by atoms with Crippen LogP contribution in [0, 0.1) is 5.92 Å². The number of hydrogen-bond acceptors (Lipinski definition) is 4. The van der Waals surface area contributed by atoms with E-state index in [1.54, 1.807) is 14.1 Å². The highest BCUT2D eigenvalue weighted by atomic mass is 32.2. The van der Waals surface area contributed by atoms with Crippen molar-refractivity contribution in [2.75, 3.05) is 53.6 Å². The van der Waals surface area contributed by atoms with E-state index < -0.39 is 10.0 Å². The topological polar surface area (TPSA) is 43.9 Å². The van der Waals surface area contributed by atoms with E-state index in [1.807, 2.05) is 0 Å². The molecule has 1 aliphatic rings.